The average molecular weight is 451 g/mol. The zero-order chi connectivity index (χ0) is 22.5. The molecule has 3 heterocycles. The number of amides is 2. The molecule has 5 rings (SSSR count). The highest BCUT2D eigenvalue weighted by atomic mass is 32.2. The molecule has 1 fully saturated rings. The largest absolute Gasteiger partial charge is 0.312 e. The highest BCUT2D eigenvalue weighted by Gasteiger charge is 2.38. The molecule has 0 unspecified atom stereocenters. The second-order valence-electron chi connectivity index (χ2n) is 8.29. The highest BCUT2D eigenvalue weighted by molar-refractivity contribution is 7.90. The molecular weight excluding hydrogens is 428 g/mol. The Morgan fingerprint density at radius 1 is 1.06 bits per heavy atom. The molecule has 164 valence electrons. The second kappa shape index (κ2) is 7.59. The quantitative estimate of drug-likeness (QED) is 0.658. The van der Waals surface area contributed by atoms with Crippen LogP contribution in [0, 0.1) is 12.8 Å². The van der Waals surface area contributed by atoms with E-state index >= 15 is 0 Å². The van der Waals surface area contributed by atoms with Gasteiger partial charge in [-0.2, -0.15) is 5.10 Å². The van der Waals surface area contributed by atoms with Gasteiger partial charge in [-0.3, -0.25) is 9.59 Å². The van der Waals surface area contributed by atoms with Gasteiger partial charge in [0.15, 0.2) is 9.84 Å². The number of hydrogen-bond donors (Lipinski definition) is 1. The van der Waals surface area contributed by atoms with E-state index in [9.17, 15) is 18.0 Å². The van der Waals surface area contributed by atoms with Crippen LogP contribution in [0.1, 0.15) is 23.2 Å². The number of carbonyl (C=O) groups excluding carboxylic acids is 2. The van der Waals surface area contributed by atoms with Crippen LogP contribution in [0.3, 0.4) is 0 Å². The Hall–Kier alpha value is -3.46. The van der Waals surface area contributed by atoms with Crippen LogP contribution in [-0.4, -0.2) is 36.6 Å². The molecule has 3 aromatic rings. The molecule has 2 amide bonds. The van der Waals surface area contributed by atoms with Gasteiger partial charge in [-0.05, 0) is 36.8 Å². The lowest BCUT2D eigenvalue weighted by Gasteiger charge is -2.17. The van der Waals surface area contributed by atoms with Crippen molar-refractivity contribution < 1.29 is 18.0 Å². The van der Waals surface area contributed by atoms with E-state index in [-0.39, 0.29) is 36.3 Å². The lowest BCUT2D eigenvalue weighted by Crippen LogP contribution is -2.29. The lowest BCUT2D eigenvalue weighted by molar-refractivity contribution is -0.122. The molecular formula is C23H22N4O4S. The summed E-state index contributed by atoms with van der Waals surface area (Å²) in [7, 11) is -3.29. The number of fused-ring (bicyclic) bond motifs is 1. The number of aryl methyl sites for hydroxylation is 1. The number of benzene rings is 2. The van der Waals surface area contributed by atoms with Crippen LogP contribution in [0.2, 0.25) is 0 Å². The highest BCUT2D eigenvalue weighted by Crippen LogP contribution is 2.34. The molecule has 1 aromatic heterocycles. The van der Waals surface area contributed by atoms with E-state index in [1.54, 1.807) is 9.58 Å². The normalized spacial score (nSPS) is 19.2. The molecule has 2 aromatic carbocycles. The van der Waals surface area contributed by atoms with Crippen molar-refractivity contribution in [1.29, 1.82) is 0 Å². The maximum atomic E-state index is 13.2. The fourth-order valence-electron chi connectivity index (χ4n) is 4.28. The summed E-state index contributed by atoms with van der Waals surface area (Å²) >= 11 is 0. The van der Waals surface area contributed by atoms with Crippen LogP contribution < -0.4 is 10.2 Å². The van der Waals surface area contributed by atoms with Gasteiger partial charge in [0.25, 0.3) is 0 Å². The Morgan fingerprint density at radius 2 is 1.81 bits per heavy atom. The summed E-state index contributed by atoms with van der Waals surface area (Å²) in [6, 6.07) is 16.8. The van der Waals surface area contributed by atoms with Gasteiger partial charge in [0, 0.05) is 24.2 Å². The van der Waals surface area contributed by atoms with Crippen LogP contribution >= 0.6 is 0 Å². The molecule has 1 saturated heterocycles. The van der Waals surface area contributed by atoms with Gasteiger partial charge in [-0.1, -0.05) is 30.3 Å². The number of sulfone groups is 1. The first-order chi connectivity index (χ1) is 15.3. The Bertz CT molecular complexity index is 1330. The monoisotopic (exact) mass is 450 g/mol. The van der Waals surface area contributed by atoms with E-state index in [0.29, 0.717) is 17.1 Å². The second-order valence-corrected chi connectivity index (χ2v) is 10.4. The minimum atomic E-state index is -3.29. The number of nitrogens with zero attached hydrogens (tertiary/aromatic N) is 3. The first-order valence-corrected chi connectivity index (χ1v) is 12.2. The first-order valence-electron chi connectivity index (χ1n) is 10.4. The average Bonchev–Trinajstić information content (AvgIpc) is 3.39. The Labute approximate surface area is 185 Å². The number of nitrogens with one attached hydrogen (secondary N) is 1. The topological polar surface area (TPSA) is 101 Å². The minimum Gasteiger partial charge on any atom is -0.312 e. The van der Waals surface area contributed by atoms with E-state index in [0.717, 1.165) is 16.9 Å². The smallest absolute Gasteiger partial charge is 0.230 e. The standard InChI is InChI=1S/C23H22N4O4S/c1-15-6-5-9-18(10-15)27-22(19-13-32(30,31)14-20(19)25-27)24-23(29)16-11-21(28)26(12-16)17-7-3-2-4-8-17/h2-10,16H,11-14H2,1H3,(H,24,29)/t16-/m1/s1. The zero-order valence-electron chi connectivity index (χ0n) is 17.5. The summed E-state index contributed by atoms with van der Waals surface area (Å²) < 4.78 is 25.9. The molecule has 2 aliphatic heterocycles. The van der Waals surface area contributed by atoms with Gasteiger partial charge in [-0.25, -0.2) is 13.1 Å². The molecule has 9 heteroatoms. The van der Waals surface area contributed by atoms with Crippen molar-refractivity contribution in [3.63, 3.8) is 0 Å². The fraction of sp³-hybridized carbons (Fsp3) is 0.261. The van der Waals surface area contributed by atoms with Gasteiger partial charge in [0.05, 0.1) is 28.8 Å². The number of rotatable bonds is 4. The molecule has 0 bridgehead atoms. The van der Waals surface area contributed by atoms with Crippen LogP contribution in [0.5, 0.6) is 0 Å². The van der Waals surface area contributed by atoms with E-state index in [2.05, 4.69) is 10.4 Å². The summed E-state index contributed by atoms with van der Waals surface area (Å²) in [4.78, 5) is 27.3. The summed E-state index contributed by atoms with van der Waals surface area (Å²) in [6.07, 6.45) is 0.0970. The number of para-hydroxylation sites is 1. The summed E-state index contributed by atoms with van der Waals surface area (Å²) in [5, 5.41) is 7.40. The molecule has 0 spiro atoms. The fourth-order valence-corrected chi connectivity index (χ4v) is 5.77. The van der Waals surface area contributed by atoms with Gasteiger partial charge in [0.1, 0.15) is 5.82 Å². The lowest BCUT2D eigenvalue weighted by atomic mass is 10.1. The minimum absolute atomic E-state index is 0.0970. The van der Waals surface area contributed by atoms with Crippen molar-refractivity contribution in [3.05, 3.63) is 71.4 Å². The van der Waals surface area contributed by atoms with Crippen LogP contribution in [0.25, 0.3) is 5.69 Å². The third-order valence-electron chi connectivity index (χ3n) is 5.84. The number of hydrogen-bond acceptors (Lipinski definition) is 5. The SMILES string of the molecule is Cc1cccc(-n2nc3c(c2NC(=O)[C@@H]2CC(=O)N(c4ccccc4)C2)CS(=O)(=O)C3)c1. The number of anilines is 2. The maximum Gasteiger partial charge on any atom is 0.230 e. The van der Waals surface area contributed by atoms with Crippen molar-refractivity contribution in [3.8, 4) is 5.69 Å². The van der Waals surface area contributed by atoms with Gasteiger partial charge >= 0.3 is 0 Å². The molecule has 0 saturated carbocycles. The van der Waals surface area contributed by atoms with E-state index in [4.69, 9.17) is 0 Å². The van der Waals surface area contributed by atoms with Crippen molar-refractivity contribution in [1.82, 2.24) is 9.78 Å². The molecule has 1 atom stereocenters. The summed E-state index contributed by atoms with van der Waals surface area (Å²) in [5.41, 5.74) is 3.48. The Morgan fingerprint density at radius 3 is 2.56 bits per heavy atom. The van der Waals surface area contributed by atoms with E-state index in [1.807, 2.05) is 61.5 Å². The molecule has 1 N–H and O–H groups in total. The number of carbonyl (C=O) groups is 2. The molecule has 8 nitrogen and oxygen atoms in total. The first kappa shape index (κ1) is 20.4. The van der Waals surface area contributed by atoms with Crippen molar-refractivity contribution >= 4 is 33.2 Å². The van der Waals surface area contributed by atoms with Crippen molar-refractivity contribution in [2.45, 2.75) is 24.9 Å². The van der Waals surface area contributed by atoms with Crippen LogP contribution in [0.4, 0.5) is 11.5 Å². The Balaban J connectivity index is 1.45. The molecule has 0 radical (unpaired) electrons. The third kappa shape index (κ3) is 3.69. The van der Waals surface area contributed by atoms with Gasteiger partial charge < -0.3 is 10.2 Å². The molecule has 0 aliphatic carbocycles. The molecule has 2 aliphatic rings. The van der Waals surface area contributed by atoms with Gasteiger partial charge in [-0.15, -0.1) is 0 Å². The predicted octanol–water partition coefficient (Wildman–Crippen LogP) is 2.60. The van der Waals surface area contributed by atoms with Crippen LogP contribution in [-0.2, 0) is 30.9 Å². The molecule has 32 heavy (non-hydrogen) atoms. The van der Waals surface area contributed by atoms with Crippen molar-refractivity contribution in [2.24, 2.45) is 5.92 Å². The van der Waals surface area contributed by atoms with E-state index < -0.39 is 15.8 Å². The predicted molar refractivity (Wildman–Crippen MR) is 120 cm³/mol. The summed E-state index contributed by atoms with van der Waals surface area (Å²) in [5.74, 6) is -0.925. The maximum absolute atomic E-state index is 13.2. The number of aromatic nitrogens is 2. The zero-order valence-corrected chi connectivity index (χ0v) is 18.3. The van der Waals surface area contributed by atoms with Gasteiger partial charge in [0.2, 0.25) is 11.8 Å². The third-order valence-corrected chi connectivity index (χ3v) is 7.28. The summed E-state index contributed by atoms with van der Waals surface area (Å²) in [6.45, 7) is 2.22. The Kier molecular flexibility index (Phi) is 4.85. The van der Waals surface area contributed by atoms with E-state index in [1.165, 1.54) is 0 Å². The van der Waals surface area contributed by atoms with Crippen LogP contribution in [0.15, 0.2) is 54.6 Å². The van der Waals surface area contributed by atoms with Crippen molar-refractivity contribution in [2.75, 3.05) is 16.8 Å².